The van der Waals surface area contributed by atoms with Crippen LogP contribution in [0.15, 0.2) is 0 Å². The van der Waals surface area contributed by atoms with Crippen molar-refractivity contribution in [2.75, 3.05) is 20.6 Å². The van der Waals surface area contributed by atoms with Gasteiger partial charge in [-0.15, -0.1) is 0 Å². The molecule has 0 aromatic carbocycles. The average Bonchev–Trinajstić information content (AvgIpc) is 2.28. The van der Waals surface area contributed by atoms with Crippen molar-refractivity contribution in [3.63, 3.8) is 0 Å². The monoisotopic (exact) mass is 317 g/mol. The fourth-order valence-corrected chi connectivity index (χ4v) is 1.69. The molecule has 0 spiro atoms. The predicted molar refractivity (Wildman–Crippen MR) is 66.7 cm³/mol. The molecule has 3 N–H and O–H groups in total. The number of hydrogen-bond acceptors (Lipinski definition) is 4. The Balaban J connectivity index is 0. The van der Waals surface area contributed by atoms with E-state index in [9.17, 15) is 0 Å². The van der Waals surface area contributed by atoms with Crippen LogP contribution in [-0.2, 0) is 0 Å². The molecule has 0 radical (unpaired) electrons. The molecule has 0 saturated heterocycles. The first-order valence-electron chi connectivity index (χ1n) is 6.29. The third-order valence-electron chi connectivity index (χ3n) is 2.65. The standard InChI is InChI=1S/C12H23N5.BrH/c1-17(2)9-7-5-3-4-6-8-12(15-10-13)16-11-14;/h12,15-16H,3-9H2,1-2H3;1H. The first-order valence-corrected chi connectivity index (χ1v) is 6.29. The third kappa shape index (κ3) is 13.1. The zero-order valence-electron chi connectivity index (χ0n) is 11.3. The van der Waals surface area contributed by atoms with Crippen molar-refractivity contribution in [1.82, 2.24) is 10.6 Å². The minimum atomic E-state index is -0.198. The van der Waals surface area contributed by atoms with Crippen molar-refractivity contribution in [3.05, 3.63) is 0 Å². The minimum absolute atomic E-state index is 0. The van der Waals surface area contributed by atoms with Gasteiger partial charge in [0.15, 0.2) is 12.4 Å². The molecule has 0 bridgehead atoms. The highest BCUT2D eigenvalue weighted by Crippen LogP contribution is 2.05. The highest BCUT2D eigenvalue weighted by Gasteiger charge is 2.04. The Labute approximate surface area is 121 Å². The number of hydrogen-bond donors (Lipinski definition) is 3. The van der Waals surface area contributed by atoms with Crippen LogP contribution in [0.2, 0.25) is 0 Å². The predicted octanol–water partition coefficient (Wildman–Crippen LogP) is -3.06. The van der Waals surface area contributed by atoms with Gasteiger partial charge < -0.3 is 32.5 Å². The lowest BCUT2D eigenvalue weighted by atomic mass is 10.1. The van der Waals surface area contributed by atoms with Crippen molar-refractivity contribution >= 4 is 0 Å². The molecule has 6 heteroatoms. The molecular weight excluding hydrogens is 294 g/mol. The van der Waals surface area contributed by atoms with Crippen LogP contribution in [0.4, 0.5) is 0 Å². The fourth-order valence-electron chi connectivity index (χ4n) is 1.69. The maximum absolute atomic E-state index is 8.48. The van der Waals surface area contributed by atoms with E-state index in [0.29, 0.717) is 0 Å². The van der Waals surface area contributed by atoms with Gasteiger partial charge in [0, 0.05) is 0 Å². The van der Waals surface area contributed by atoms with Crippen molar-refractivity contribution < 1.29 is 21.9 Å². The Kier molecular flexibility index (Phi) is 15.1. The normalized spacial score (nSPS) is 9.44. The van der Waals surface area contributed by atoms with Crippen LogP contribution in [-0.4, -0.2) is 26.8 Å². The van der Waals surface area contributed by atoms with E-state index < -0.39 is 0 Å². The van der Waals surface area contributed by atoms with Gasteiger partial charge in [-0.3, -0.25) is 0 Å². The second-order valence-corrected chi connectivity index (χ2v) is 4.58. The third-order valence-corrected chi connectivity index (χ3v) is 2.65. The summed E-state index contributed by atoms with van der Waals surface area (Å²) in [5, 5.41) is 22.1. The van der Waals surface area contributed by atoms with E-state index in [4.69, 9.17) is 10.5 Å². The molecule has 0 rings (SSSR count). The second kappa shape index (κ2) is 14.1. The molecule has 0 aromatic heterocycles. The van der Waals surface area contributed by atoms with E-state index in [2.05, 4.69) is 24.7 Å². The minimum Gasteiger partial charge on any atom is -1.00 e. The number of rotatable bonds is 10. The number of nitrogens with one attached hydrogen (secondary N) is 3. The lowest BCUT2D eigenvalue weighted by Crippen LogP contribution is -3.05. The van der Waals surface area contributed by atoms with Crippen molar-refractivity contribution in [2.24, 2.45) is 0 Å². The molecule has 104 valence electrons. The molecule has 0 amide bonds. The van der Waals surface area contributed by atoms with Gasteiger partial charge in [0.25, 0.3) is 0 Å². The maximum atomic E-state index is 8.48. The van der Waals surface area contributed by atoms with Crippen LogP contribution in [0.5, 0.6) is 0 Å². The van der Waals surface area contributed by atoms with E-state index >= 15 is 0 Å². The Morgan fingerprint density at radius 1 is 0.944 bits per heavy atom. The lowest BCUT2D eigenvalue weighted by Gasteiger charge is -2.12. The summed E-state index contributed by atoms with van der Waals surface area (Å²) in [5.41, 5.74) is 0. The van der Waals surface area contributed by atoms with Gasteiger partial charge in [0.1, 0.15) is 6.17 Å². The molecule has 0 aliphatic heterocycles. The first-order chi connectivity index (χ1) is 8.20. The van der Waals surface area contributed by atoms with Gasteiger partial charge in [-0.2, -0.15) is 10.5 Å². The van der Waals surface area contributed by atoms with Crippen LogP contribution in [0.1, 0.15) is 38.5 Å². The summed E-state index contributed by atoms with van der Waals surface area (Å²) in [6, 6.07) is 0. The summed E-state index contributed by atoms with van der Waals surface area (Å²) >= 11 is 0. The Morgan fingerprint density at radius 3 is 1.94 bits per heavy atom. The molecular formula is C12H24BrN5. The molecule has 0 atom stereocenters. The van der Waals surface area contributed by atoms with Gasteiger partial charge in [0.05, 0.1) is 20.6 Å². The fraction of sp³-hybridized carbons (Fsp3) is 0.833. The van der Waals surface area contributed by atoms with Crippen molar-refractivity contribution in [1.29, 1.82) is 10.5 Å². The van der Waals surface area contributed by atoms with Crippen LogP contribution < -0.4 is 32.5 Å². The Morgan fingerprint density at radius 2 is 1.44 bits per heavy atom. The molecule has 0 aromatic rings. The van der Waals surface area contributed by atoms with E-state index in [-0.39, 0.29) is 23.1 Å². The topological polar surface area (TPSA) is 76.1 Å². The molecule has 18 heavy (non-hydrogen) atoms. The van der Waals surface area contributed by atoms with E-state index in [0.717, 1.165) is 12.8 Å². The molecule has 0 fully saturated rings. The number of nitrogens with zero attached hydrogens (tertiary/aromatic N) is 2. The highest BCUT2D eigenvalue weighted by atomic mass is 79.9. The van der Waals surface area contributed by atoms with Gasteiger partial charge in [0.2, 0.25) is 0 Å². The van der Waals surface area contributed by atoms with Crippen LogP contribution in [0, 0.1) is 22.9 Å². The Hall–Kier alpha value is -0.980. The van der Waals surface area contributed by atoms with Gasteiger partial charge in [-0.05, 0) is 25.7 Å². The molecule has 5 nitrogen and oxygen atoms in total. The molecule has 0 heterocycles. The summed E-state index contributed by atoms with van der Waals surface area (Å²) in [5.74, 6) is 0. The number of unbranched alkanes of at least 4 members (excludes halogenated alkanes) is 4. The highest BCUT2D eigenvalue weighted by molar-refractivity contribution is 4.80. The second-order valence-electron chi connectivity index (χ2n) is 4.58. The maximum Gasteiger partial charge on any atom is 0.178 e. The molecule has 0 saturated carbocycles. The van der Waals surface area contributed by atoms with Crippen LogP contribution in [0.3, 0.4) is 0 Å². The van der Waals surface area contributed by atoms with Crippen molar-refractivity contribution in [3.8, 4) is 12.4 Å². The van der Waals surface area contributed by atoms with Crippen LogP contribution in [0.25, 0.3) is 0 Å². The first kappa shape index (κ1) is 19.4. The smallest absolute Gasteiger partial charge is 0.178 e. The summed E-state index contributed by atoms with van der Waals surface area (Å²) < 4.78 is 0. The summed E-state index contributed by atoms with van der Waals surface area (Å²) in [6.45, 7) is 1.23. The van der Waals surface area contributed by atoms with Crippen LogP contribution >= 0.6 is 0 Å². The largest absolute Gasteiger partial charge is 1.00 e. The number of quaternary nitrogens is 1. The average molecular weight is 318 g/mol. The molecule has 0 aliphatic carbocycles. The summed E-state index contributed by atoms with van der Waals surface area (Å²) in [4.78, 5) is 1.50. The Bertz CT molecular complexity index is 240. The zero-order chi connectivity index (χ0) is 12.9. The lowest BCUT2D eigenvalue weighted by molar-refractivity contribution is -0.858. The number of nitriles is 2. The van der Waals surface area contributed by atoms with Gasteiger partial charge in [-0.1, -0.05) is 12.8 Å². The number of halogens is 1. The SMILES string of the molecule is C[NH+](C)CCCCCCCC(NC#N)NC#N.[Br-]. The van der Waals surface area contributed by atoms with E-state index in [1.807, 2.05) is 12.4 Å². The zero-order valence-corrected chi connectivity index (χ0v) is 12.9. The van der Waals surface area contributed by atoms with Gasteiger partial charge >= 0.3 is 0 Å². The molecule has 0 unspecified atom stereocenters. The quantitative estimate of drug-likeness (QED) is 0.173. The van der Waals surface area contributed by atoms with Crippen molar-refractivity contribution in [2.45, 2.75) is 44.7 Å². The van der Waals surface area contributed by atoms with Gasteiger partial charge in [-0.25, -0.2) is 0 Å². The van der Waals surface area contributed by atoms with E-state index in [1.54, 1.807) is 0 Å². The van der Waals surface area contributed by atoms with E-state index in [1.165, 1.54) is 37.1 Å². The molecule has 0 aliphatic rings. The summed E-state index contributed by atoms with van der Waals surface area (Å²) in [7, 11) is 4.34. The summed E-state index contributed by atoms with van der Waals surface area (Å²) in [6.07, 6.45) is 10.3.